The Morgan fingerprint density at radius 2 is 1.41 bits per heavy atom. The minimum Gasteiger partial charge on any atom is -0.0842 e. The van der Waals surface area contributed by atoms with E-state index in [9.17, 15) is 0 Å². The summed E-state index contributed by atoms with van der Waals surface area (Å²) in [6.45, 7) is 0. The molecule has 27 heavy (non-hydrogen) atoms. The Morgan fingerprint density at radius 1 is 0.704 bits per heavy atom. The van der Waals surface area contributed by atoms with Crippen LogP contribution in [0.4, 0.5) is 0 Å². The standard InChI is InChI=1S/C26H17I/c27-20-13-18-9-5-10-21-23-14-19(16-6-2-1-3-7-16)12-17-8-4-11-22(25(17)23)24(15-20)26(18)21/h1-2,4-6,8-15H,3,7H2. The molecule has 5 aromatic rings. The molecular formula is C26H17I. The molecule has 1 aliphatic rings. The highest BCUT2D eigenvalue weighted by Crippen LogP contribution is 2.42. The van der Waals surface area contributed by atoms with Crippen molar-refractivity contribution in [2.75, 3.05) is 0 Å². The molecule has 1 aliphatic carbocycles. The van der Waals surface area contributed by atoms with Gasteiger partial charge in [0.15, 0.2) is 0 Å². The largest absolute Gasteiger partial charge is 0.0842 e. The predicted molar refractivity (Wildman–Crippen MR) is 127 cm³/mol. The van der Waals surface area contributed by atoms with Crippen molar-refractivity contribution >= 4 is 71.3 Å². The minimum absolute atomic E-state index is 1.13. The van der Waals surface area contributed by atoms with Gasteiger partial charge in [0.1, 0.15) is 0 Å². The Morgan fingerprint density at radius 3 is 2.11 bits per heavy atom. The fourth-order valence-electron chi connectivity index (χ4n) is 4.72. The second-order valence-electron chi connectivity index (χ2n) is 7.44. The van der Waals surface area contributed by atoms with Gasteiger partial charge in [0, 0.05) is 3.57 Å². The molecular weight excluding hydrogens is 439 g/mol. The minimum atomic E-state index is 1.13. The molecule has 0 fully saturated rings. The zero-order valence-corrected chi connectivity index (χ0v) is 17.0. The van der Waals surface area contributed by atoms with E-state index in [2.05, 4.69) is 101 Å². The highest BCUT2D eigenvalue weighted by molar-refractivity contribution is 14.1. The number of halogens is 1. The molecule has 0 saturated carbocycles. The number of benzene rings is 5. The van der Waals surface area contributed by atoms with Crippen molar-refractivity contribution in [2.24, 2.45) is 0 Å². The first-order valence-corrected chi connectivity index (χ1v) is 10.5. The summed E-state index contributed by atoms with van der Waals surface area (Å²) in [7, 11) is 0. The van der Waals surface area contributed by atoms with E-state index in [-0.39, 0.29) is 0 Å². The van der Waals surface area contributed by atoms with Crippen molar-refractivity contribution in [1.29, 1.82) is 0 Å². The molecule has 0 aromatic heterocycles. The third-order valence-corrected chi connectivity index (χ3v) is 6.51. The average molecular weight is 456 g/mol. The Kier molecular flexibility index (Phi) is 3.36. The van der Waals surface area contributed by atoms with E-state index in [0.29, 0.717) is 0 Å². The molecule has 0 amide bonds. The van der Waals surface area contributed by atoms with Crippen molar-refractivity contribution in [2.45, 2.75) is 12.8 Å². The van der Waals surface area contributed by atoms with Crippen LogP contribution in [-0.2, 0) is 0 Å². The lowest BCUT2D eigenvalue weighted by Crippen LogP contribution is -1.92. The molecule has 0 N–H and O–H groups in total. The Balaban J connectivity index is 1.87. The van der Waals surface area contributed by atoms with Crippen molar-refractivity contribution in [3.63, 3.8) is 0 Å². The van der Waals surface area contributed by atoms with Gasteiger partial charge in [-0.2, -0.15) is 0 Å². The zero-order valence-electron chi connectivity index (χ0n) is 14.8. The maximum absolute atomic E-state index is 2.44. The van der Waals surface area contributed by atoms with Crippen LogP contribution in [0.15, 0.2) is 78.9 Å². The maximum Gasteiger partial charge on any atom is 0.0142 e. The Labute approximate surface area is 171 Å². The molecule has 0 spiro atoms. The van der Waals surface area contributed by atoms with Crippen molar-refractivity contribution in [1.82, 2.24) is 0 Å². The van der Waals surface area contributed by atoms with Crippen molar-refractivity contribution < 1.29 is 0 Å². The first-order valence-electron chi connectivity index (χ1n) is 9.45. The lowest BCUT2D eigenvalue weighted by molar-refractivity contribution is 1.05. The van der Waals surface area contributed by atoms with Crippen LogP contribution in [0.5, 0.6) is 0 Å². The van der Waals surface area contributed by atoms with Crippen LogP contribution in [-0.4, -0.2) is 0 Å². The summed E-state index contributed by atoms with van der Waals surface area (Å²) in [5, 5.41) is 11.0. The third kappa shape index (κ3) is 2.28. The van der Waals surface area contributed by atoms with Gasteiger partial charge in [-0.25, -0.2) is 0 Å². The number of hydrogen-bond acceptors (Lipinski definition) is 0. The monoisotopic (exact) mass is 456 g/mol. The fourth-order valence-corrected chi connectivity index (χ4v) is 5.37. The smallest absolute Gasteiger partial charge is 0.0142 e. The molecule has 6 rings (SSSR count). The molecule has 0 nitrogen and oxygen atoms in total. The highest BCUT2D eigenvalue weighted by Gasteiger charge is 2.15. The van der Waals surface area contributed by atoms with Crippen LogP contribution in [0.3, 0.4) is 0 Å². The van der Waals surface area contributed by atoms with E-state index < -0.39 is 0 Å². The Bertz CT molecular complexity index is 1420. The summed E-state index contributed by atoms with van der Waals surface area (Å²) < 4.78 is 1.29. The van der Waals surface area contributed by atoms with Crippen LogP contribution in [0.1, 0.15) is 18.4 Å². The van der Waals surface area contributed by atoms with E-state index >= 15 is 0 Å². The summed E-state index contributed by atoms with van der Waals surface area (Å²) in [6.07, 6.45) is 8.99. The number of fused-ring (bicyclic) bond motifs is 2. The van der Waals surface area contributed by atoms with Gasteiger partial charge in [0.2, 0.25) is 0 Å². The molecule has 0 aliphatic heterocycles. The first kappa shape index (κ1) is 15.6. The van der Waals surface area contributed by atoms with Crippen molar-refractivity contribution in [3.8, 4) is 0 Å². The van der Waals surface area contributed by atoms with Gasteiger partial charge in [-0.1, -0.05) is 54.6 Å². The third-order valence-electron chi connectivity index (χ3n) is 5.88. The van der Waals surface area contributed by atoms with Crippen LogP contribution in [0.2, 0.25) is 0 Å². The van der Waals surface area contributed by atoms with E-state index in [1.807, 2.05) is 0 Å². The molecule has 5 aromatic carbocycles. The highest BCUT2D eigenvalue weighted by atomic mass is 127. The van der Waals surface area contributed by atoms with Crippen LogP contribution >= 0.6 is 22.6 Å². The summed E-state index contributed by atoms with van der Waals surface area (Å²) >= 11 is 2.44. The van der Waals surface area contributed by atoms with E-state index in [0.717, 1.165) is 12.8 Å². The van der Waals surface area contributed by atoms with Crippen LogP contribution < -0.4 is 0 Å². The van der Waals surface area contributed by atoms with Crippen LogP contribution in [0, 0.1) is 3.57 Å². The molecule has 1 heteroatoms. The second kappa shape index (κ2) is 5.80. The van der Waals surface area contributed by atoms with Gasteiger partial charge < -0.3 is 0 Å². The quantitative estimate of drug-likeness (QED) is 0.136. The molecule has 0 bridgehead atoms. The number of rotatable bonds is 1. The van der Waals surface area contributed by atoms with Gasteiger partial charge in [-0.05, 0) is 114 Å². The van der Waals surface area contributed by atoms with E-state index in [1.165, 1.54) is 57.8 Å². The van der Waals surface area contributed by atoms with Gasteiger partial charge in [-0.15, -0.1) is 0 Å². The number of hydrogen-bond donors (Lipinski definition) is 0. The molecule has 0 radical (unpaired) electrons. The van der Waals surface area contributed by atoms with E-state index in [1.54, 1.807) is 0 Å². The summed E-state index contributed by atoms with van der Waals surface area (Å²) in [6, 6.07) is 22.9. The summed E-state index contributed by atoms with van der Waals surface area (Å²) in [5.74, 6) is 0. The number of allylic oxidation sites excluding steroid dienone is 4. The molecule has 128 valence electrons. The Hall–Kier alpha value is -2.39. The SMILES string of the molecule is Ic1cc2cccc3c4cc(C5=CC=CCC5)cc5cccc(c(c1)c23)c54. The zero-order chi connectivity index (χ0) is 18.0. The van der Waals surface area contributed by atoms with Gasteiger partial charge in [0.25, 0.3) is 0 Å². The van der Waals surface area contributed by atoms with Gasteiger partial charge in [-0.3, -0.25) is 0 Å². The lowest BCUT2D eigenvalue weighted by Gasteiger charge is -2.17. The van der Waals surface area contributed by atoms with Gasteiger partial charge in [0.05, 0.1) is 0 Å². The van der Waals surface area contributed by atoms with Gasteiger partial charge >= 0.3 is 0 Å². The van der Waals surface area contributed by atoms with Crippen molar-refractivity contribution in [3.05, 3.63) is 88.0 Å². The average Bonchev–Trinajstić information content (AvgIpc) is 2.71. The topological polar surface area (TPSA) is 0 Å². The van der Waals surface area contributed by atoms with E-state index in [4.69, 9.17) is 0 Å². The predicted octanol–water partition coefficient (Wildman–Crippen LogP) is 8.08. The molecule has 0 saturated heterocycles. The molecule has 0 heterocycles. The lowest BCUT2D eigenvalue weighted by atomic mass is 9.87. The molecule has 0 atom stereocenters. The first-order chi connectivity index (χ1) is 13.3. The maximum atomic E-state index is 2.44. The summed E-state index contributed by atoms with van der Waals surface area (Å²) in [5.41, 5.74) is 2.81. The summed E-state index contributed by atoms with van der Waals surface area (Å²) in [4.78, 5) is 0. The van der Waals surface area contributed by atoms with Crippen LogP contribution in [0.25, 0.3) is 48.7 Å². The molecule has 0 unspecified atom stereocenters. The second-order valence-corrected chi connectivity index (χ2v) is 8.69. The fraction of sp³-hybridized carbons (Fsp3) is 0.0769. The normalized spacial score (nSPS) is 14.6.